The van der Waals surface area contributed by atoms with Crippen molar-refractivity contribution >= 4 is 5.91 Å². The van der Waals surface area contributed by atoms with Gasteiger partial charge < -0.3 is 69.9 Å². The molecule has 0 radical (unpaired) electrons. The van der Waals surface area contributed by atoms with Crippen LogP contribution in [-0.2, 0) is 28.5 Å². The molecule has 0 saturated carbocycles. The van der Waals surface area contributed by atoms with E-state index in [-0.39, 0.29) is 0 Å². The summed E-state index contributed by atoms with van der Waals surface area (Å²) in [5.41, 5.74) is 0. The van der Waals surface area contributed by atoms with Gasteiger partial charge in [-0.1, -0.05) is 0 Å². The molecule has 204 valence electrons. The minimum atomic E-state index is -1.75. The highest BCUT2D eigenvalue weighted by molar-refractivity contribution is 5.73. The third-order valence-electron chi connectivity index (χ3n) is 6.41. The largest absolute Gasteiger partial charge is 0.394 e. The normalized spacial score (nSPS) is 51.1. The zero-order chi connectivity index (χ0) is 26.2. The van der Waals surface area contributed by atoms with Crippen LogP contribution in [0.25, 0.3) is 0 Å². The molecular weight excluding hydrogens is 478 g/mol. The van der Waals surface area contributed by atoms with Crippen molar-refractivity contribution < 1.29 is 69.3 Å². The van der Waals surface area contributed by atoms with Crippen LogP contribution in [0, 0.1) is 0 Å². The first kappa shape index (κ1) is 28.5. The monoisotopic (exact) mass is 513 g/mol. The van der Waals surface area contributed by atoms with Crippen LogP contribution in [0.5, 0.6) is 0 Å². The zero-order valence-corrected chi connectivity index (χ0v) is 19.4. The van der Waals surface area contributed by atoms with Crippen molar-refractivity contribution in [2.24, 2.45) is 0 Å². The highest BCUT2D eigenvalue weighted by atomic mass is 16.7. The number of aliphatic hydroxyl groups is 8. The van der Waals surface area contributed by atoms with Gasteiger partial charge >= 0.3 is 0 Å². The van der Waals surface area contributed by atoms with Crippen LogP contribution >= 0.6 is 0 Å². The average Bonchev–Trinajstić information content (AvgIpc) is 2.81. The van der Waals surface area contributed by atoms with Gasteiger partial charge in [-0.2, -0.15) is 0 Å². The lowest BCUT2D eigenvalue weighted by atomic mass is 9.94. The predicted molar refractivity (Wildman–Crippen MR) is 110 cm³/mol. The fraction of sp³-hybridized carbons (Fsp3) is 0.950. The highest BCUT2D eigenvalue weighted by Crippen LogP contribution is 2.32. The Bertz CT molecular complexity index is 715. The van der Waals surface area contributed by atoms with E-state index < -0.39 is 105 Å². The summed E-state index contributed by atoms with van der Waals surface area (Å²) >= 11 is 0. The molecule has 0 bridgehead atoms. The van der Waals surface area contributed by atoms with E-state index in [2.05, 4.69) is 5.32 Å². The maximum atomic E-state index is 11.8. The van der Waals surface area contributed by atoms with E-state index in [1.165, 1.54) is 13.8 Å². The van der Waals surface area contributed by atoms with E-state index in [1.54, 1.807) is 0 Å². The molecule has 3 aliphatic rings. The average molecular weight is 513 g/mol. The molecule has 3 saturated heterocycles. The summed E-state index contributed by atoms with van der Waals surface area (Å²) in [4.78, 5) is 11.8. The Kier molecular flexibility index (Phi) is 9.42. The molecular formula is C20H35NO14. The Labute approximate surface area is 200 Å². The van der Waals surface area contributed by atoms with Crippen molar-refractivity contribution in [2.45, 2.75) is 113 Å². The van der Waals surface area contributed by atoms with Crippen LogP contribution in [0.3, 0.4) is 0 Å². The molecule has 0 aromatic rings. The summed E-state index contributed by atoms with van der Waals surface area (Å²) in [6, 6.07) is -1.36. The van der Waals surface area contributed by atoms with E-state index >= 15 is 0 Å². The first-order chi connectivity index (χ1) is 16.4. The van der Waals surface area contributed by atoms with Gasteiger partial charge in [-0.3, -0.25) is 4.79 Å². The van der Waals surface area contributed by atoms with Crippen LogP contribution in [0.2, 0.25) is 0 Å². The molecule has 15 nitrogen and oxygen atoms in total. The van der Waals surface area contributed by atoms with Gasteiger partial charge in [0.1, 0.15) is 61.0 Å². The number of amides is 1. The second-order valence-corrected chi connectivity index (χ2v) is 9.04. The summed E-state index contributed by atoms with van der Waals surface area (Å²) in [7, 11) is 0. The summed E-state index contributed by atoms with van der Waals surface area (Å²) in [6.45, 7) is 3.27. The molecule has 1 unspecified atom stereocenters. The van der Waals surface area contributed by atoms with Gasteiger partial charge in [0.2, 0.25) is 5.91 Å². The van der Waals surface area contributed by atoms with Gasteiger partial charge in [-0.25, -0.2) is 0 Å². The van der Waals surface area contributed by atoms with Gasteiger partial charge in [-0.15, -0.1) is 0 Å². The van der Waals surface area contributed by atoms with Crippen molar-refractivity contribution in [3.8, 4) is 0 Å². The Morgan fingerprint density at radius 2 is 1.20 bits per heavy atom. The lowest BCUT2D eigenvalue weighted by Gasteiger charge is -2.49. The molecule has 3 rings (SSSR count). The third kappa shape index (κ3) is 5.93. The van der Waals surface area contributed by atoms with Crippen molar-refractivity contribution in [1.29, 1.82) is 0 Å². The first-order valence-electron chi connectivity index (χ1n) is 11.3. The minimum absolute atomic E-state index is 0.609. The summed E-state index contributed by atoms with van der Waals surface area (Å²) in [6.07, 6.45) is -20.6. The van der Waals surface area contributed by atoms with Crippen molar-refractivity contribution in [3.63, 3.8) is 0 Å². The quantitative estimate of drug-likeness (QED) is 0.161. The number of aliphatic hydroxyl groups excluding tert-OH is 8. The summed E-state index contributed by atoms with van der Waals surface area (Å²) in [5, 5.41) is 83.7. The second kappa shape index (κ2) is 11.6. The van der Waals surface area contributed by atoms with Gasteiger partial charge in [0.15, 0.2) is 18.9 Å². The van der Waals surface area contributed by atoms with Crippen LogP contribution in [0.1, 0.15) is 20.8 Å². The van der Waals surface area contributed by atoms with E-state index in [9.17, 15) is 45.6 Å². The lowest BCUT2D eigenvalue weighted by molar-refractivity contribution is -0.368. The topological polar surface area (TPSA) is 237 Å². The Morgan fingerprint density at radius 1 is 0.743 bits per heavy atom. The third-order valence-corrected chi connectivity index (χ3v) is 6.41. The van der Waals surface area contributed by atoms with Crippen molar-refractivity contribution in [1.82, 2.24) is 5.32 Å². The van der Waals surface area contributed by atoms with Gasteiger partial charge in [0.25, 0.3) is 0 Å². The fourth-order valence-electron chi connectivity index (χ4n) is 4.34. The zero-order valence-electron chi connectivity index (χ0n) is 19.4. The SMILES string of the molecule is CC(=O)N[C@H]1C(O)O[C@H](CO)[C@@H](O[C@@H]2O[C@@H](C)[C@@H](O)[C@@H](O)[C@@H]2O)[C@@H]1O[C@@H]1O[C@H](C)[C@H](O)[C@H](O)[C@H]1O. The maximum Gasteiger partial charge on any atom is 0.217 e. The molecule has 0 aromatic heterocycles. The molecule has 1 amide bonds. The Hall–Kier alpha value is -1.05. The summed E-state index contributed by atoms with van der Waals surface area (Å²) in [5.74, 6) is -0.609. The smallest absolute Gasteiger partial charge is 0.217 e. The molecule has 3 fully saturated rings. The van der Waals surface area contributed by atoms with Gasteiger partial charge in [0.05, 0.1) is 18.8 Å². The van der Waals surface area contributed by atoms with Crippen LogP contribution in [-0.4, -0.2) is 145 Å². The van der Waals surface area contributed by atoms with Crippen LogP contribution < -0.4 is 5.32 Å². The predicted octanol–water partition coefficient (Wildman–Crippen LogP) is -5.37. The van der Waals surface area contributed by atoms with E-state index in [1.807, 2.05) is 0 Å². The Balaban J connectivity index is 1.91. The van der Waals surface area contributed by atoms with E-state index in [0.29, 0.717) is 0 Å². The molecule has 0 spiro atoms. The fourth-order valence-corrected chi connectivity index (χ4v) is 4.34. The number of carbonyl (C=O) groups is 1. The number of ether oxygens (including phenoxy) is 5. The molecule has 35 heavy (non-hydrogen) atoms. The Morgan fingerprint density at radius 3 is 1.63 bits per heavy atom. The number of nitrogens with one attached hydrogen (secondary N) is 1. The maximum absolute atomic E-state index is 11.8. The van der Waals surface area contributed by atoms with Crippen LogP contribution in [0.15, 0.2) is 0 Å². The van der Waals surface area contributed by atoms with Crippen molar-refractivity contribution in [3.05, 3.63) is 0 Å². The summed E-state index contributed by atoms with van der Waals surface area (Å²) < 4.78 is 27.9. The van der Waals surface area contributed by atoms with E-state index in [4.69, 9.17) is 23.7 Å². The van der Waals surface area contributed by atoms with Crippen LogP contribution in [0.4, 0.5) is 0 Å². The number of hydrogen-bond acceptors (Lipinski definition) is 14. The molecule has 0 aromatic carbocycles. The molecule has 15 heteroatoms. The molecule has 3 heterocycles. The molecule has 0 aliphatic carbocycles. The number of carbonyl (C=O) groups excluding carboxylic acids is 1. The molecule has 15 atom stereocenters. The van der Waals surface area contributed by atoms with Gasteiger partial charge in [-0.05, 0) is 13.8 Å². The standard InChI is InChI=1S/C20H35NO14/c1-5-10(24)12(26)14(28)19(31-5)34-16-8(4-22)33-18(30)9(21-7(3)23)17(16)35-20-15(29)13(27)11(25)6(2)32-20/h5-6,8-20,22,24-30H,4H2,1-3H3,(H,21,23)/t5-,6+,8+,9+,10+,11-,12+,13-,14-,15+,16+,17+,18?,19-,20-/m0/s1. The second-order valence-electron chi connectivity index (χ2n) is 9.04. The van der Waals surface area contributed by atoms with Gasteiger partial charge in [0, 0.05) is 6.92 Å². The molecule has 3 aliphatic heterocycles. The van der Waals surface area contributed by atoms with Crippen molar-refractivity contribution in [2.75, 3.05) is 6.61 Å². The first-order valence-corrected chi connectivity index (χ1v) is 11.3. The number of hydrogen-bond donors (Lipinski definition) is 9. The number of rotatable bonds is 6. The highest BCUT2D eigenvalue weighted by Gasteiger charge is 2.53. The molecule has 9 N–H and O–H groups in total. The van der Waals surface area contributed by atoms with E-state index in [0.717, 1.165) is 6.92 Å². The lowest BCUT2D eigenvalue weighted by Crippen LogP contribution is -2.69. The minimum Gasteiger partial charge on any atom is -0.394 e.